The van der Waals surface area contributed by atoms with E-state index in [0.29, 0.717) is 23.9 Å². The Kier molecular flexibility index (Phi) is 5.55. The number of H-pyrrole nitrogens is 1. The van der Waals surface area contributed by atoms with Crippen molar-refractivity contribution in [2.45, 2.75) is 51.7 Å². The standard InChI is InChI=1S/C22H27N7O/c1-22(2)9-16(3-4-19(22)30)28-20-15(10-23)12-27-21(29-20)25-8-5-14-11-26-18-6-7-24-13-17(14)18/h6-7,11-13,16,19,26,30H,3-5,8-9H2,1-2H3,(H2,25,27,28,29)/t16-,19+/m1/s1. The second kappa shape index (κ2) is 8.28. The summed E-state index contributed by atoms with van der Waals surface area (Å²) in [5.41, 5.74) is 2.51. The van der Waals surface area contributed by atoms with Crippen LogP contribution < -0.4 is 10.6 Å². The Morgan fingerprint density at radius 1 is 1.33 bits per heavy atom. The van der Waals surface area contributed by atoms with Gasteiger partial charge in [0.15, 0.2) is 0 Å². The van der Waals surface area contributed by atoms with Crippen LogP contribution in [0.5, 0.6) is 0 Å². The van der Waals surface area contributed by atoms with Gasteiger partial charge in [-0.05, 0) is 42.7 Å². The zero-order chi connectivity index (χ0) is 21.1. The summed E-state index contributed by atoms with van der Waals surface area (Å²) in [4.78, 5) is 16.3. The van der Waals surface area contributed by atoms with Crippen LogP contribution in [-0.4, -0.2) is 43.7 Å². The van der Waals surface area contributed by atoms with E-state index in [-0.39, 0.29) is 17.6 Å². The molecule has 3 aromatic heterocycles. The zero-order valence-electron chi connectivity index (χ0n) is 17.3. The monoisotopic (exact) mass is 405 g/mol. The number of nitrogens with zero attached hydrogens (tertiary/aromatic N) is 4. The van der Waals surface area contributed by atoms with Crippen molar-refractivity contribution in [2.24, 2.45) is 5.41 Å². The molecular weight excluding hydrogens is 378 g/mol. The predicted octanol–water partition coefficient (Wildman–Crippen LogP) is 3.23. The smallest absolute Gasteiger partial charge is 0.224 e. The van der Waals surface area contributed by atoms with Crippen LogP contribution in [0, 0.1) is 16.7 Å². The SMILES string of the molecule is CC1(C)C[C@H](Nc2nc(NCCc3c[nH]c4ccncc34)ncc2C#N)CC[C@@H]1O. The number of aromatic nitrogens is 4. The first-order valence-corrected chi connectivity index (χ1v) is 10.3. The van der Waals surface area contributed by atoms with Gasteiger partial charge in [0.05, 0.1) is 12.3 Å². The second-order valence-electron chi connectivity index (χ2n) is 8.61. The highest BCUT2D eigenvalue weighted by atomic mass is 16.3. The zero-order valence-corrected chi connectivity index (χ0v) is 17.3. The highest BCUT2D eigenvalue weighted by molar-refractivity contribution is 5.82. The Hall–Kier alpha value is -3.18. The van der Waals surface area contributed by atoms with Gasteiger partial charge >= 0.3 is 0 Å². The number of hydrogen-bond donors (Lipinski definition) is 4. The van der Waals surface area contributed by atoms with Crippen molar-refractivity contribution in [2.75, 3.05) is 17.2 Å². The molecule has 0 amide bonds. The molecule has 1 aliphatic carbocycles. The van der Waals surface area contributed by atoms with E-state index in [1.807, 2.05) is 18.5 Å². The second-order valence-corrected chi connectivity index (χ2v) is 8.61. The molecule has 2 atom stereocenters. The van der Waals surface area contributed by atoms with Gasteiger partial charge in [0, 0.05) is 42.1 Å². The number of nitriles is 1. The van der Waals surface area contributed by atoms with Crippen molar-refractivity contribution in [1.29, 1.82) is 5.26 Å². The highest BCUT2D eigenvalue weighted by Gasteiger charge is 2.35. The lowest BCUT2D eigenvalue weighted by molar-refractivity contribution is 0.00926. The number of anilines is 2. The van der Waals surface area contributed by atoms with E-state index in [4.69, 9.17) is 0 Å². The number of hydrogen-bond acceptors (Lipinski definition) is 7. The maximum absolute atomic E-state index is 10.2. The van der Waals surface area contributed by atoms with Crippen LogP contribution in [-0.2, 0) is 6.42 Å². The fraction of sp³-hybridized carbons (Fsp3) is 0.455. The van der Waals surface area contributed by atoms with E-state index < -0.39 is 0 Å². The third kappa shape index (κ3) is 4.21. The Bertz CT molecular complexity index is 1070. The lowest BCUT2D eigenvalue weighted by atomic mass is 9.73. The average molecular weight is 406 g/mol. The molecule has 4 rings (SSSR count). The molecule has 1 aliphatic rings. The van der Waals surface area contributed by atoms with Gasteiger partial charge in [0.2, 0.25) is 5.95 Å². The van der Waals surface area contributed by atoms with Crippen molar-refractivity contribution >= 4 is 22.7 Å². The van der Waals surface area contributed by atoms with Gasteiger partial charge in [0.25, 0.3) is 0 Å². The van der Waals surface area contributed by atoms with E-state index in [1.54, 1.807) is 12.4 Å². The van der Waals surface area contributed by atoms with Crippen LogP contribution in [0.1, 0.15) is 44.2 Å². The molecule has 3 heterocycles. The van der Waals surface area contributed by atoms with E-state index >= 15 is 0 Å². The topological polar surface area (TPSA) is 123 Å². The minimum Gasteiger partial charge on any atom is -0.393 e. The molecule has 0 unspecified atom stereocenters. The summed E-state index contributed by atoms with van der Waals surface area (Å²) in [5, 5.41) is 27.4. The maximum atomic E-state index is 10.2. The van der Waals surface area contributed by atoms with Crippen LogP contribution in [0.25, 0.3) is 10.9 Å². The molecular formula is C22H27N7O. The molecule has 30 heavy (non-hydrogen) atoms. The molecule has 156 valence electrons. The largest absolute Gasteiger partial charge is 0.393 e. The summed E-state index contributed by atoms with van der Waals surface area (Å²) in [5.74, 6) is 1.04. The number of aliphatic hydroxyl groups is 1. The van der Waals surface area contributed by atoms with Gasteiger partial charge in [0.1, 0.15) is 17.5 Å². The van der Waals surface area contributed by atoms with Gasteiger partial charge in [-0.1, -0.05) is 13.8 Å². The number of fused-ring (bicyclic) bond motifs is 1. The lowest BCUT2D eigenvalue weighted by Gasteiger charge is -2.40. The van der Waals surface area contributed by atoms with Crippen molar-refractivity contribution in [1.82, 2.24) is 19.9 Å². The molecule has 3 aromatic rings. The summed E-state index contributed by atoms with van der Waals surface area (Å²) in [6.45, 7) is 4.81. The van der Waals surface area contributed by atoms with Crippen LogP contribution >= 0.6 is 0 Å². The summed E-state index contributed by atoms with van der Waals surface area (Å²) < 4.78 is 0. The third-order valence-corrected chi connectivity index (χ3v) is 5.96. The Balaban J connectivity index is 1.42. The van der Waals surface area contributed by atoms with Crippen LogP contribution in [0.15, 0.2) is 30.9 Å². The van der Waals surface area contributed by atoms with Gasteiger partial charge in [-0.3, -0.25) is 4.98 Å². The molecule has 0 bridgehead atoms. The first kappa shape index (κ1) is 20.1. The van der Waals surface area contributed by atoms with Crippen molar-refractivity contribution in [3.63, 3.8) is 0 Å². The summed E-state index contributed by atoms with van der Waals surface area (Å²) >= 11 is 0. The summed E-state index contributed by atoms with van der Waals surface area (Å²) in [6.07, 6.45) is 10.1. The fourth-order valence-corrected chi connectivity index (χ4v) is 4.13. The third-order valence-electron chi connectivity index (χ3n) is 5.96. The minimum atomic E-state index is -0.298. The fourth-order valence-electron chi connectivity index (χ4n) is 4.13. The summed E-state index contributed by atoms with van der Waals surface area (Å²) in [7, 11) is 0. The van der Waals surface area contributed by atoms with Crippen molar-refractivity contribution in [3.05, 3.63) is 42.0 Å². The van der Waals surface area contributed by atoms with Gasteiger partial charge in [-0.25, -0.2) is 4.98 Å². The summed E-state index contributed by atoms with van der Waals surface area (Å²) in [6, 6.07) is 4.29. The maximum Gasteiger partial charge on any atom is 0.224 e. The Morgan fingerprint density at radius 3 is 3.00 bits per heavy atom. The van der Waals surface area contributed by atoms with E-state index in [2.05, 4.69) is 50.5 Å². The van der Waals surface area contributed by atoms with Crippen LogP contribution in [0.2, 0.25) is 0 Å². The molecule has 0 aromatic carbocycles. The lowest BCUT2D eigenvalue weighted by Crippen LogP contribution is -2.41. The van der Waals surface area contributed by atoms with Crippen LogP contribution in [0.4, 0.5) is 11.8 Å². The van der Waals surface area contributed by atoms with Gasteiger partial charge in [-0.2, -0.15) is 10.2 Å². The van der Waals surface area contributed by atoms with E-state index in [0.717, 1.165) is 36.6 Å². The quantitative estimate of drug-likeness (QED) is 0.496. The first-order valence-electron chi connectivity index (χ1n) is 10.3. The number of pyridine rings is 1. The molecule has 8 nitrogen and oxygen atoms in total. The predicted molar refractivity (Wildman–Crippen MR) is 116 cm³/mol. The molecule has 4 N–H and O–H groups in total. The molecule has 0 aliphatic heterocycles. The normalized spacial score (nSPS) is 20.6. The molecule has 0 radical (unpaired) electrons. The van der Waals surface area contributed by atoms with Crippen LogP contribution in [0.3, 0.4) is 0 Å². The molecule has 0 spiro atoms. The molecule has 8 heteroatoms. The number of aromatic amines is 1. The first-order chi connectivity index (χ1) is 14.5. The number of aliphatic hydroxyl groups excluding tert-OH is 1. The number of nitrogens with one attached hydrogen (secondary N) is 3. The minimum absolute atomic E-state index is 0.162. The molecule has 1 fully saturated rings. The van der Waals surface area contributed by atoms with Gasteiger partial charge in [-0.15, -0.1) is 0 Å². The Morgan fingerprint density at radius 2 is 2.20 bits per heavy atom. The van der Waals surface area contributed by atoms with Gasteiger partial charge < -0.3 is 20.7 Å². The Labute approximate surface area is 175 Å². The van der Waals surface area contributed by atoms with Crippen molar-refractivity contribution < 1.29 is 5.11 Å². The van der Waals surface area contributed by atoms with Crippen molar-refractivity contribution in [3.8, 4) is 6.07 Å². The molecule has 1 saturated carbocycles. The average Bonchev–Trinajstić information content (AvgIpc) is 3.14. The van der Waals surface area contributed by atoms with E-state index in [1.165, 1.54) is 5.56 Å². The van der Waals surface area contributed by atoms with E-state index in [9.17, 15) is 10.4 Å². The molecule has 0 saturated heterocycles. The number of rotatable bonds is 6. The highest BCUT2D eigenvalue weighted by Crippen LogP contribution is 2.37.